The molecule has 0 unspecified atom stereocenters. The highest BCUT2D eigenvalue weighted by atomic mass is 16.2. The van der Waals surface area contributed by atoms with Crippen molar-refractivity contribution in [1.82, 2.24) is 14.6 Å². The lowest BCUT2D eigenvalue weighted by atomic mass is 10.1. The molecule has 8 nitrogen and oxygen atoms in total. The number of hydrogen-bond acceptors (Lipinski definition) is 5. The third-order valence-electron chi connectivity index (χ3n) is 5.18. The fourth-order valence-corrected chi connectivity index (χ4v) is 3.78. The topological polar surface area (TPSA) is 96.7 Å². The highest BCUT2D eigenvalue weighted by Gasteiger charge is 2.36. The standard InChI is InChI=1S/C23H17N5O3/c1-13-10-14(2)28-20(25-13)19(12-24-28)21(29)26-15-6-5-7-16(11-15)27-22(30)17-8-3-4-9-18(17)23(27)31/h3-12H,1-2H3,(H,26,29). The van der Waals surface area contributed by atoms with Gasteiger partial charge in [-0.3, -0.25) is 14.4 Å². The van der Waals surface area contributed by atoms with Crippen LogP contribution in [0.15, 0.2) is 60.8 Å². The van der Waals surface area contributed by atoms with E-state index >= 15 is 0 Å². The molecule has 31 heavy (non-hydrogen) atoms. The zero-order valence-corrected chi connectivity index (χ0v) is 16.8. The van der Waals surface area contributed by atoms with E-state index in [4.69, 9.17) is 0 Å². The number of amides is 3. The monoisotopic (exact) mass is 411 g/mol. The lowest BCUT2D eigenvalue weighted by Gasteiger charge is -2.15. The van der Waals surface area contributed by atoms with Crippen molar-refractivity contribution >= 4 is 34.7 Å². The summed E-state index contributed by atoms with van der Waals surface area (Å²) in [6.45, 7) is 3.75. The lowest BCUT2D eigenvalue weighted by molar-refractivity contribution is 0.0925. The first-order chi connectivity index (χ1) is 14.9. The van der Waals surface area contributed by atoms with Crippen molar-refractivity contribution in [2.24, 2.45) is 0 Å². The van der Waals surface area contributed by atoms with Gasteiger partial charge in [0, 0.05) is 17.1 Å². The van der Waals surface area contributed by atoms with E-state index in [1.165, 1.54) is 6.20 Å². The second-order valence-corrected chi connectivity index (χ2v) is 7.33. The van der Waals surface area contributed by atoms with Crippen LogP contribution in [0.2, 0.25) is 0 Å². The summed E-state index contributed by atoms with van der Waals surface area (Å²) in [7, 11) is 0. The Balaban J connectivity index is 1.45. The van der Waals surface area contributed by atoms with Gasteiger partial charge in [0.25, 0.3) is 17.7 Å². The number of aryl methyl sites for hydroxylation is 2. The maximum Gasteiger partial charge on any atom is 0.266 e. The van der Waals surface area contributed by atoms with Gasteiger partial charge in [-0.05, 0) is 50.2 Å². The highest BCUT2D eigenvalue weighted by Crippen LogP contribution is 2.30. The van der Waals surface area contributed by atoms with Crippen LogP contribution in [-0.2, 0) is 0 Å². The van der Waals surface area contributed by atoms with Gasteiger partial charge >= 0.3 is 0 Å². The molecule has 1 aliphatic rings. The Morgan fingerprint density at radius 1 is 0.935 bits per heavy atom. The second-order valence-electron chi connectivity index (χ2n) is 7.33. The zero-order valence-electron chi connectivity index (χ0n) is 16.8. The van der Waals surface area contributed by atoms with Gasteiger partial charge in [-0.25, -0.2) is 14.4 Å². The maximum atomic E-state index is 12.9. The van der Waals surface area contributed by atoms with Crippen LogP contribution in [0.3, 0.4) is 0 Å². The van der Waals surface area contributed by atoms with Gasteiger partial charge in [0.1, 0.15) is 5.56 Å². The van der Waals surface area contributed by atoms with E-state index in [-0.39, 0.29) is 17.7 Å². The molecule has 3 amide bonds. The van der Waals surface area contributed by atoms with Gasteiger partial charge in [-0.2, -0.15) is 5.10 Å². The number of nitrogens with zero attached hydrogens (tertiary/aromatic N) is 4. The van der Waals surface area contributed by atoms with Gasteiger partial charge in [0.15, 0.2) is 5.65 Å². The molecule has 2 aromatic heterocycles. The fourth-order valence-electron chi connectivity index (χ4n) is 3.78. The number of nitrogens with one attached hydrogen (secondary N) is 1. The lowest BCUT2D eigenvalue weighted by Crippen LogP contribution is -2.29. The summed E-state index contributed by atoms with van der Waals surface area (Å²) in [6.07, 6.45) is 1.47. The number of anilines is 2. The molecule has 0 bridgehead atoms. The van der Waals surface area contributed by atoms with Gasteiger partial charge in [-0.1, -0.05) is 18.2 Å². The first-order valence-corrected chi connectivity index (χ1v) is 9.65. The molecule has 152 valence electrons. The SMILES string of the molecule is Cc1cc(C)n2ncc(C(=O)Nc3cccc(N4C(=O)c5ccccc5C4=O)c3)c2n1. The van der Waals surface area contributed by atoms with Crippen molar-refractivity contribution in [2.75, 3.05) is 10.2 Å². The van der Waals surface area contributed by atoms with Crippen molar-refractivity contribution in [3.05, 3.63) is 88.9 Å². The van der Waals surface area contributed by atoms with Crippen LogP contribution in [0.5, 0.6) is 0 Å². The minimum atomic E-state index is -0.387. The van der Waals surface area contributed by atoms with Crippen LogP contribution in [0.25, 0.3) is 5.65 Å². The van der Waals surface area contributed by atoms with Gasteiger partial charge in [0.2, 0.25) is 0 Å². The Labute approximate surface area is 177 Å². The van der Waals surface area contributed by atoms with Crippen LogP contribution >= 0.6 is 0 Å². The van der Waals surface area contributed by atoms with E-state index in [1.54, 1.807) is 53.0 Å². The van der Waals surface area contributed by atoms with Gasteiger partial charge in [0.05, 0.1) is 23.0 Å². The molecule has 8 heteroatoms. The second kappa shape index (κ2) is 6.88. The number of benzene rings is 2. The smallest absolute Gasteiger partial charge is 0.266 e. The number of carbonyl (C=O) groups is 3. The summed E-state index contributed by atoms with van der Waals surface area (Å²) < 4.78 is 1.61. The highest BCUT2D eigenvalue weighted by molar-refractivity contribution is 6.34. The predicted octanol–water partition coefficient (Wildman–Crippen LogP) is 3.40. The molecule has 0 atom stereocenters. The van der Waals surface area contributed by atoms with E-state index < -0.39 is 0 Å². The van der Waals surface area contributed by atoms with E-state index in [9.17, 15) is 14.4 Å². The van der Waals surface area contributed by atoms with Gasteiger partial charge < -0.3 is 5.32 Å². The number of aromatic nitrogens is 3. The summed E-state index contributed by atoms with van der Waals surface area (Å²) in [5.74, 6) is -1.16. The van der Waals surface area contributed by atoms with E-state index in [0.29, 0.717) is 33.7 Å². The molecule has 0 spiro atoms. The summed E-state index contributed by atoms with van der Waals surface area (Å²) in [6, 6.07) is 15.2. The number of hydrogen-bond donors (Lipinski definition) is 1. The Kier molecular flexibility index (Phi) is 4.14. The average Bonchev–Trinajstić information content (AvgIpc) is 3.28. The maximum absolute atomic E-state index is 12.9. The van der Waals surface area contributed by atoms with Crippen LogP contribution < -0.4 is 10.2 Å². The van der Waals surface area contributed by atoms with Crippen molar-refractivity contribution in [2.45, 2.75) is 13.8 Å². The molecule has 1 N–H and O–H groups in total. The first kappa shape index (κ1) is 18.7. The third kappa shape index (κ3) is 2.96. The molecular formula is C23H17N5O3. The normalized spacial score (nSPS) is 13.0. The van der Waals surface area contributed by atoms with Crippen molar-refractivity contribution in [3.8, 4) is 0 Å². The largest absolute Gasteiger partial charge is 0.322 e. The molecule has 0 saturated carbocycles. The molecule has 1 aliphatic heterocycles. The molecule has 2 aromatic carbocycles. The minimum Gasteiger partial charge on any atom is -0.322 e. The Morgan fingerprint density at radius 3 is 2.35 bits per heavy atom. The van der Waals surface area contributed by atoms with E-state index in [0.717, 1.165) is 16.3 Å². The predicted molar refractivity (Wildman–Crippen MR) is 114 cm³/mol. The minimum absolute atomic E-state index is 0.331. The molecule has 5 rings (SSSR count). The van der Waals surface area contributed by atoms with Crippen LogP contribution in [-0.4, -0.2) is 32.3 Å². The molecule has 4 aromatic rings. The molecule has 3 heterocycles. The number of carbonyl (C=O) groups excluding carboxylic acids is 3. The molecule has 0 aliphatic carbocycles. The van der Waals surface area contributed by atoms with Gasteiger partial charge in [-0.15, -0.1) is 0 Å². The van der Waals surface area contributed by atoms with Crippen molar-refractivity contribution in [3.63, 3.8) is 0 Å². The number of rotatable bonds is 3. The molecule has 0 fully saturated rings. The Morgan fingerprint density at radius 2 is 1.65 bits per heavy atom. The molecular weight excluding hydrogens is 394 g/mol. The first-order valence-electron chi connectivity index (χ1n) is 9.65. The summed E-state index contributed by atoms with van der Waals surface area (Å²) in [5.41, 5.74) is 4.01. The fraction of sp³-hybridized carbons (Fsp3) is 0.0870. The summed E-state index contributed by atoms with van der Waals surface area (Å²) in [4.78, 5) is 43.9. The molecule has 0 saturated heterocycles. The average molecular weight is 411 g/mol. The number of imide groups is 1. The Bertz CT molecular complexity index is 1370. The Hall–Kier alpha value is -4.33. The summed E-state index contributed by atoms with van der Waals surface area (Å²) in [5, 5.41) is 7.05. The molecule has 0 radical (unpaired) electrons. The summed E-state index contributed by atoms with van der Waals surface area (Å²) >= 11 is 0. The van der Waals surface area contributed by atoms with Crippen LogP contribution in [0.1, 0.15) is 42.5 Å². The van der Waals surface area contributed by atoms with Crippen LogP contribution in [0.4, 0.5) is 11.4 Å². The quantitative estimate of drug-likeness (QED) is 0.521. The van der Waals surface area contributed by atoms with Crippen molar-refractivity contribution < 1.29 is 14.4 Å². The third-order valence-corrected chi connectivity index (χ3v) is 5.18. The van der Waals surface area contributed by atoms with E-state index in [1.807, 2.05) is 19.9 Å². The number of fused-ring (bicyclic) bond motifs is 2. The van der Waals surface area contributed by atoms with E-state index in [2.05, 4.69) is 15.4 Å². The van der Waals surface area contributed by atoms with Crippen LogP contribution in [0, 0.1) is 13.8 Å². The zero-order chi connectivity index (χ0) is 21.7. The van der Waals surface area contributed by atoms with Crippen molar-refractivity contribution in [1.29, 1.82) is 0 Å².